The predicted octanol–water partition coefficient (Wildman–Crippen LogP) is 16.6. The van der Waals surface area contributed by atoms with Gasteiger partial charge in [0.05, 0.1) is 17.4 Å². The van der Waals surface area contributed by atoms with Crippen molar-refractivity contribution in [3.8, 4) is 33.4 Å². The van der Waals surface area contributed by atoms with Gasteiger partial charge in [0, 0.05) is 33.2 Å². The zero-order valence-corrected chi connectivity index (χ0v) is 35.4. The molecule has 2 heteroatoms. The molecule has 0 heterocycles. The van der Waals surface area contributed by atoms with E-state index in [0.717, 1.165) is 28.9 Å². The highest BCUT2D eigenvalue weighted by molar-refractivity contribution is 5.99. The summed E-state index contributed by atoms with van der Waals surface area (Å²) in [5.74, 6) is 0. The Hall–Kier alpha value is -8.38. The van der Waals surface area contributed by atoms with Crippen LogP contribution in [0.4, 0.5) is 28.4 Å². The maximum Gasteiger partial charge on any atom is 0.0560 e. The Balaban J connectivity index is 0.875. The summed E-state index contributed by atoms with van der Waals surface area (Å²) in [6.07, 6.45) is 7.94. The van der Waals surface area contributed by atoms with Crippen LogP contribution in [0.1, 0.15) is 12.0 Å². The third-order valence-corrected chi connectivity index (χ3v) is 12.4. The third kappa shape index (κ3) is 7.51. The van der Waals surface area contributed by atoms with E-state index >= 15 is 0 Å². The average Bonchev–Trinajstić information content (AvgIpc) is 3.38. The fraction of sp³-hybridized carbons (Fsp3) is 0.0323. The molecule has 1 unspecified atom stereocenters. The van der Waals surface area contributed by atoms with Crippen molar-refractivity contribution in [3.05, 3.63) is 266 Å². The Kier molecular flexibility index (Phi) is 10.3. The molecule has 1 aliphatic rings. The summed E-state index contributed by atoms with van der Waals surface area (Å²) < 4.78 is 0. The highest BCUT2D eigenvalue weighted by atomic mass is 15.2. The Labute approximate surface area is 376 Å². The molecule has 1 atom stereocenters. The van der Waals surface area contributed by atoms with Crippen LogP contribution in [0.25, 0.3) is 60.5 Å². The molecular weight excluding hydrogens is 773 g/mol. The van der Waals surface area contributed by atoms with Crippen LogP contribution < -0.4 is 9.80 Å². The lowest BCUT2D eigenvalue weighted by atomic mass is 9.90. The summed E-state index contributed by atoms with van der Waals surface area (Å²) in [5.41, 5.74) is 15.3. The maximum absolute atomic E-state index is 3.31. The van der Waals surface area contributed by atoms with Gasteiger partial charge in [0.1, 0.15) is 0 Å². The van der Waals surface area contributed by atoms with Crippen LogP contribution in [0.15, 0.2) is 249 Å². The molecular formula is C62H44N2. The van der Waals surface area contributed by atoms with Gasteiger partial charge < -0.3 is 9.80 Å². The lowest BCUT2D eigenvalue weighted by Crippen LogP contribution is -2.30. The number of fused-ring (bicyclic) bond motifs is 2. The van der Waals surface area contributed by atoms with Gasteiger partial charge >= 0.3 is 0 Å². The van der Waals surface area contributed by atoms with Crippen molar-refractivity contribution in [2.75, 3.05) is 9.80 Å². The molecule has 0 spiro atoms. The van der Waals surface area contributed by atoms with Crippen molar-refractivity contribution in [2.45, 2.75) is 12.5 Å². The van der Waals surface area contributed by atoms with Crippen molar-refractivity contribution in [2.24, 2.45) is 0 Å². The van der Waals surface area contributed by atoms with E-state index in [2.05, 4.69) is 265 Å². The summed E-state index contributed by atoms with van der Waals surface area (Å²) in [6.45, 7) is 0. The van der Waals surface area contributed by atoms with E-state index in [1.165, 1.54) is 72.1 Å². The van der Waals surface area contributed by atoms with Crippen LogP contribution in [0.3, 0.4) is 0 Å². The number of anilines is 5. The second kappa shape index (κ2) is 17.2. The molecule has 0 bridgehead atoms. The SMILES string of the molecule is c1ccc2c(N(c3ccccc3)C3C=CC(c4cccc(-c5ccccc5-c5cccc(-c6ccc(N(c7ccccc7)c7cccc8ccccc78)cc6)c5)c4)=CC3)cccc2c#1. The van der Waals surface area contributed by atoms with Gasteiger partial charge in [-0.3, -0.25) is 0 Å². The van der Waals surface area contributed by atoms with E-state index in [9.17, 15) is 0 Å². The minimum absolute atomic E-state index is 0.153. The van der Waals surface area contributed by atoms with Crippen LogP contribution in [0, 0.1) is 12.1 Å². The molecule has 0 saturated heterocycles. The maximum atomic E-state index is 3.31. The molecule has 0 aromatic heterocycles. The van der Waals surface area contributed by atoms with Crippen molar-refractivity contribution in [1.29, 1.82) is 0 Å². The van der Waals surface area contributed by atoms with Gasteiger partial charge in [-0.2, -0.15) is 0 Å². The van der Waals surface area contributed by atoms with Gasteiger partial charge in [-0.25, -0.2) is 0 Å². The lowest BCUT2D eigenvalue weighted by molar-refractivity contribution is 0.789. The summed E-state index contributed by atoms with van der Waals surface area (Å²) in [7, 11) is 0. The molecule has 10 aromatic carbocycles. The number of para-hydroxylation sites is 2. The summed E-state index contributed by atoms with van der Waals surface area (Å²) in [6, 6.07) is 89.4. The quantitative estimate of drug-likeness (QED) is 0.136. The number of hydrogen-bond acceptors (Lipinski definition) is 2. The molecule has 64 heavy (non-hydrogen) atoms. The molecule has 10 aromatic rings. The first kappa shape index (κ1) is 38.5. The molecule has 2 nitrogen and oxygen atoms in total. The zero-order valence-electron chi connectivity index (χ0n) is 35.4. The van der Waals surface area contributed by atoms with Gasteiger partial charge in [-0.15, -0.1) is 0 Å². The van der Waals surface area contributed by atoms with Gasteiger partial charge in [-0.05, 0) is 135 Å². The fourth-order valence-electron chi connectivity index (χ4n) is 9.33. The number of benzene rings is 9. The minimum Gasteiger partial charge on any atom is -0.334 e. The van der Waals surface area contributed by atoms with Crippen LogP contribution in [0.5, 0.6) is 0 Å². The Morgan fingerprint density at radius 1 is 0.422 bits per heavy atom. The van der Waals surface area contributed by atoms with Gasteiger partial charge in [0.25, 0.3) is 0 Å². The summed E-state index contributed by atoms with van der Waals surface area (Å²) in [5, 5.41) is 4.68. The minimum atomic E-state index is 0.153. The lowest BCUT2D eigenvalue weighted by Gasteiger charge is -2.34. The van der Waals surface area contributed by atoms with E-state index < -0.39 is 0 Å². The number of hydrogen-bond donors (Lipinski definition) is 0. The van der Waals surface area contributed by atoms with Crippen molar-refractivity contribution in [3.63, 3.8) is 0 Å². The fourth-order valence-corrected chi connectivity index (χ4v) is 9.33. The van der Waals surface area contributed by atoms with E-state index in [1.807, 2.05) is 6.07 Å². The smallest absolute Gasteiger partial charge is 0.0560 e. The predicted molar refractivity (Wildman–Crippen MR) is 271 cm³/mol. The van der Waals surface area contributed by atoms with Crippen LogP contribution in [0.2, 0.25) is 0 Å². The molecule has 0 fully saturated rings. The van der Waals surface area contributed by atoms with Gasteiger partial charge in [-0.1, -0.05) is 182 Å². The van der Waals surface area contributed by atoms with Crippen molar-refractivity contribution >= 4 is 55.6 Å². The molecule has 0 aliphatic heterocycles. The first-order valence-corrected chi connectivity index (χ1v) is 22.0. The van der Waals surface area contributed by atoms with E-state index in [-0.39, 0.29) is 6.04 Å². The van der Waals surface area contributed by atoms with Gasteiger partial charge in [0.15, 0.2) is 0 Å². The number of allylic oxidation sites excluding steroid dienone is 2. The molecule has 0 saturated carbocycles. The topological polar surface area (TPSA) is 6.48 Å². The van der Waals surface area contributed by atoms with E-state index in [1.54, 1.807) is 0 Å². The molecule has 1 aliphatic carbocycles. The molecule has 302 valence electrons. The summed E-state index contributed by atoms with van der Waals surface area (Å²) >= 11 is 0. The Morgan fingerprint density at radius 3 is 1.77 bits per heavy atom. The Bertz CT molecular complexity index is 3300. The zero-order chi connectivity index (χ0) is 42.7. The number of nitrogens with zero attached hydrogens (tertiary/aromatic N) is 2. The second-order valence-corrected chi connectivity index (χ2v) is 16.3. The number of rotatable bonds is 10. The molecule has 11 rings (SSSR count). The average molecular weight is 817 g/mol. The molecule has 0 radical (unpaired) electrons. The van der Waals surface area contributed by atoms with Gasteiger partial charge in [0.2, 0.25) is 0 Å². The largest absolute Gasteiger partial charge is 0.334 e. The highest BCUT2D eigenvalue weighted by Gasteiger charge is 2.23. The van der Waals surface area contributed by atoms with Crippen molar-refractivity contribution in [1.82, 2.24) is 0 Å². The van der Waals surface area contributed by atoms with Crippen LogP contribution >= 0.6 is 0 Å². The summed E-state index contributed by atoms with van der Waals surface area (Å²) in [4.78, 5) is 4.81. The standard InChI is InChI=1S/C62H44N2/c1-3-25-53(26-4-1)63(61-33-15-19-47-17-7-9-31-59(47)61)55-39-35-45(36-40-55)49-21-13-23-51(43-49)57-29-11-12-30-58(57)52-24-14-22-50(44-52)46-37-41-56(42-38-46)64(54-27-5-2-6-28-54)62-34-16-20-48-18-8-10-32-60(48)62/h1-7,9-17,19-41,43-44,56H,42H2. The molecule has 0 amide bonds. The van der Waals surface area contributed by atoms with E-state index in [4.69, 9.17) is 0 Å². The van der Waals surface area contributed by atoms with Crippen LogP contribution in [-0.2, 0) is 0 Å². The first-order chi connectivity index (χ1) is 31.7. The third-order valence-electron chi connectivity index (χ3n) is 12.4. The Morgan fingerprint density at radius 2 is 1.02 bits per heavy atom. The highest BCUT2D eigenvalue weighted by Crippen LogP contribution is 2.41. The monoisotopic (exact) mass is 816 g/mol. The van der Waals surface area contributed by atoms with Crippen molar-refractivity contribution < 1.29 is 0 Å². The second-order valence-electron chi connectivity index (χ2n) is 16.3. The normalized spacial score (nSPS) is 13.3. The van der Waals surface area contributed by atoms with Crippen LogP contribution in [-0.4, -0.2) is 6.04 Å². The van der Waals surface area contributed by atoms with E-state index in [0.29, 0.717) is 0 Å². The molecule has 0 N–H and O–H groups in total. The first-order valence-electron chi connectivity index (χ1n) is 22.0.